The van der Waals surface area contributed by atoms with Crippen LogP contribution in [0.2, 0.25) is 0 Å². The van der Waals surface area contributed by atoms with Crippen molar-refractivity contribution in [3.8, 4) is 11.5 Å². The maximum atomic E-state index is 5.74. The van der Waals surface area contributed by atoms with E-state index in [1.54, 1.807) is 0 Å². The third-order valence-corrected chi connectivity index (χ3v) is 9.10. The predicted octanol–water partition coefficient (Wildman–Crippen LogP) is 4.76. The Balaban J connectivity index is 1.50. The molecule has 1 N–H and O–H groups in total. The molecule has 0 amide bonds. The summed E-state index contributed by atoms with van der Waals surface area (Å²) in [6.45, 7) is 8.80. The Morgan fingerprint density at radius 1 is 1.06 bits per heavy atom. The zero-order valence-electron chi connectivity index (χ0n) is 20.9. The van der Waals surface area contributed by atoms with Gasteiger partial charge in [0, 0.05) is 35.0 Å². The van der Waals surface area contributed by atoms with E-state index >= 15 is 0 Å². The lowest BCUT2D eigenvalue weighted by molar-refractivity contribution is 0.0605. The third kappa shape index (κ3) is 2.78. The van der Waals surface area contributed by atoms with Gasteiger partial charge in [-0.15, -0.1) is 0 Å². The lowest BCUT2D eigenvalue weighted by atomic mass is 9.48. The normalized spacial score (nSPS) is 29.9. The molecule has 0 radical (unpaired) electrons. The van der Waals surface area contributed by atoms with Gasteiger partial charge in [-0.25, -0.2) is 9.97 Å². The van der Waals surface area contributed by atoms with Crippen LogP contribution in [0.15, 0.2) is 57.4 Å². The van der Waals surface area contributed by atoms with E-state index in [0.29, 0.717) is 17.5 Å². The van der Waals surface area contributed by atoms with Crippen molar-refractivity contribution in [3.05, 3.63) is 82.6 Å². The average Bonchev–Trinajstić information content (AvgIpc) is 3.53. The Labute approximate surface area is 209 Å². The van der Waals surface area contributed by atoms with E-state index in [1.807, 2.05) is 19.3 Å². The van der Waals surface area contributed by atoms with Crippen molar-refractivity contribution in [2.24, 2.45) is 5.41 Å². The van der Waals surface area contributed by atoms with Crippen molar-refractivity contribution in [1.29, 1.82) is 0 Å². The van der Waals surface area contributed by atoms with Gasteiger partial charge in [0.1, 0.15) is 11.5 Å². The first kappa shape index (κ1) is 21.5. The van der Waals surface area contributed by atoms with E-state index in [-0.39, 0.29) is 22.8 Å². The molecule has 4 atom stereocenters. The van der Waals surface area contributed by atoms with Gasteiger partial charge in [-0.2, -0.15) is 4.98 Å². The second-order valence-corrected chi connectivity index (χ2v) is 10.8. The second kappa shape index (κ2) is 7.35. The van der Waals surface area contributed by atoms with Crippen LogP contribution in [-0.4, -0.2) is 31.3 Å². The molecule has 4 heterocycles. The van der Waals surface area contributed by atoms with Crippen LogP contribution in [0.3, 0.4) is 0 Å². The molecule has 0 saturated carbocycles. The van der Waals surface area contributed by atoms with E-state index in [9.17, 15) is 0 Å². The first-order valence-electron chi connectivity index (χ1n) is 12.6. The van der Waals surface area contributed by atoms with Gasteiger partial charge >= 0.3 is 0 Å². The van der Waals surface area contributed by atoms with Crippen LogP contribution in [0.5, 0.6) is 0 Å². The molecule has 3 aromatic heterocycles. The third-order valence-electron chi connectivity index (χ3n) is 9.10. The monoisotopic (exact) mass is 480 g/mol. The maximum absolute atomic E-state index is 5.74. The number of dihydropyridines is 1. The highest BCUT2D eigenvalue weighted by molar-refractivity contribution is 5.79. The van der Waals surface area contributed by atoms with E-state index in [4.69, 9.17) is 19.0 Å². The summed E-state index contributed by atoms with van der Waals surface area (Å²) in [4.78, 5) is 15.1. The summed E-state index contributed by atoms with van der Waals surface area (Å²) in [6, 6.07) is 0.0978. The van der Waals surface area contributed by atoms with Gasteiger partial charge in [0.25, 0.3) is 0 Å². The summed E-state index contributed by atoms with van der Waals surface area (Å²) in [5, 5.41) is 11.8. The van der Waals surface area contributed by atoms with Crippen molar-refractivity contribution in [3.63, 3.8) is 0 Å². The van der Waals surface area contributed by atoms with Crippen LogP contribution in [0.4, 0.5) is 0 Å². The van der Waals surface area contributed by atoms with Crippen LogP contribution < -0.4 is 5.32 Å². The molecule has 3 aromatic rings. The van der Waals surface area contributed by atoms with Crippen LogP contribution >= 0.6 is 0 Å². The van der Waals surface area contributed by atoms with Gasteiger partial charge < -0.3 is 14.4 Å². The standard InChI is InChI=1S/C28H28N6O2/c1-15-23-17(14-30-36-23)13-28(4)24-20(9-11-27(15,28)3)22(26-31-16(2)35-34-26)32-25(33-24)19-10-12-29-21-8-6-5-7-18(19)21/h5-8,10,12,14-15,21,29H,9,11,13H2,1-4H3/t15-,21?,27+,28-/m0/s1. The Hall–Kier alpha value is -3.81. The van der Waals surface area contributed by atoms with Crippen LogP contribution in [0, 0.1) is 12.3 Å². The largest absolute Gasteiger partial charge is 0.381 e. The fraction of sp³-hybridized carbons (Fsp3) is 0.393. The maximum Gasteiger partial charge on any atom is 0.223 e. The number of hydrogen-bond donors (Lipinski definition) is 1. The molecule has 0 bridgehead atoms. The van der Waals surface area contributed by atoms with Gasteiger partial charge in [0.15, 0.2) is 5.82 Å². The molecule has 0 saturated heterocycles. The van der Waals surface area contributed by atoms with Crippen molar-refractivity contribution < 1.29 is 9.05 Å². The highest BCUT2D eigenvalue weighted by Crippen LogP contribution is 2.61. The fourth-order valence-corrected chi connectivity index (χ4v) is 6.70. The van der Waals surface area contributed by atoms with E-state index < -0.39 is 0 Å². The molecule has 36 heavy (non-hydrogen) atoms. The Morgan fingerprint density at radius 3 is 2.78 bits per heavy atom. The summed E-state index contributed by atoms with van der Waals surface area (Å²) in [5.41, 5.74) is 5.98. The number of nitrogens with zero attached hydrogens (tertiary/aromatic N) is 5. The molecule has 4 aliphatic rings. The summed E-state index contributed by atoms with van der Waals surface area (Å²) in [7, 11) is 0. The number of allylic oxidation sites excluding steroid dienone is 4. The zero-order valence-corrected chi connectivity index (χ0v) is 20.9. The first-order valence-corrected chi connectivity index (χ1v) is 12.6. The number of aromatic nitrogens is 5. The summed E-state index contributed by atoms with van der Waals surface area (Å²) in [5.74, 6) is 2.96. The van der Waals surface area contributed by atoms with Gasteiger partial charge in [-0.05, 0) is 42.5 Å². The number of fused-ring (bicyclic) bond motifs is 5. The number of nitrogens with one attached hydrogen (secondary N) is 1. The quantitative estimate of drug-likeness (QED) is 0.560. The molecule has 0 fully saturated rings. The molecule has 3 aliphatic carbocycles. The molecule has 1 aliphatic heterocycles. The minimum absolute atomic E-state index is 0.0552. The summed E-state index contributed by atoms with van der Waals surface area (Å²) >= 11 is 0. The summed E-state index contributed by atoms with van der Waals surface area (Å²) in [6.07, 6.45) is 17.0. The highest BCUT2D eigenvalue weighted by Gasteiger charge is 2.58. The van der Waals surface area contributed by atoms with Gasteiger partial charge in [0.2, 0.25) is 11.7 Å². The molecule has 0 aromatic carbocycles. The van der Waals surface area contributed by atoms with Crippen molar-refractivity contribution in [2.75, 3.05) is 0 Å². The number of hydrogen-bond acceptors (Lipinski definition) is 8. The SMILES string of the molecule is Cc1nc(-c2nc(C3=C4C=CC=CC4NC=C3)nc3c2CC[C@]2(C)[C@@H](C)c4oncc4C[C@@]32C)no1. The first-order chi connectivity index (χ1) is 17.4. The molecule has 8 nitrogen and oxygen atoms in total. The zero-order chi connectivity index (χ0) is 24.7. The highest BCUT2D eigenvalue weighted by atomic mass is 16.5. The molecule has 7 rings (SSSR count). The molecule has 182 valence electrons. The van der Waals surface area contributed by atoms with Gasteiger partial charge in [-0.3, -0.25) is 0 Å². The van der Waals surface area contributed by atoms with Gasteiger partial charge in [-0.1, -0.05) is 55.4 Å². The minimum Gasteiger partial charge on any atom is -0.381 e. The molecule has 1 unspecified atom stereocenters. The average molecular weight is 481 g/mol. The van der Waals surface area contributed by atoms with E-state index in [1.165, 1.54) is 0 Å². The van der Waals surface area contributed by atoms with E-state index in [0.717, 1.165) is 58.7 Å². The molecular formula is C28H28N6O2. The topological polar surface area (TPSA) is 103 Å². The summed E-state index contributed by atoms with van der Waals surface area (Å²) < 4.78 is 11.1. The molecule has 8 heteroatoms. The predicted molar refractivity (Wildman–Crippen MR) is 134 cm³/mol. The Morgan fingerprint density at radius 2 is 1.94 bits per heavy atom. The van der Waals surface area contributed by atoms with E-state index in [2.05, 4.69) is 71.8 Å². The van der Waals surface area contributed by atoms with Crippen LogP contribution in [0.25, 0.3) is 17.1 Å². The van der Waals surface area contributed by atoms with Crippen molar-refractivity contribution in [1.82, 2.24) is 30.6 Å². The number of aryl methyl sites for hydroxylation is 1. The van der Waals surface area contributed by atoms with Crippen molar-refractivity contribution >= 4 is 5.57 Å². The molecular weight excluding hydrogens is 452 g/mol. The van der Waals surface area contributed by atoms with Crippen molar-refractivity contribution in [2.45, 2.75) is 64.3 Å². The lowest BCUT2D eigenvalue weighted by Crippen LogP contribution is -2.53. The Bertz CT molecular complexity index is 1520. The number of rotatable bonds is 2. The fourth-order valence-electron chi connectivity index (χ4n) is 6.70. The Kier molecular flexibility index (Phi) is 4.38. The van der Waals surface area contributed by atoms with Crippen LogP contribution in [0.1, 0.15) is 67.4 Å². The minimum atomic E-state index is -0.243. The van der Waals surface area contributed by atoms with Gasteiger partial charge in [0.05, 0.1) is 17.9 Å². The lowest BCUT2D eigenvalue weighted by Gasteiger charge is -2.55. The molecule has 0 spiro atoms. The smallest absolute Gasteiger partial charge is 0.223 e. The second-order valence-electron chi connectivity index (χ2n) is 10.8. The van der Waals surface area contributed by atoms with Crippen LogP contribution in [-0.2, 0) is 18.3 Å².